The van der Waals surface area contributed by atoms with Crippen LogP contribution >= 0.6 is 0 Å². The van der Waals surface area contributed by atoms with Crippen LogP contribution in [0.2, 0.25) is 0 Å². The first-order valence-corrected chi connectivity index (χ1v) is 6.51. The van der Waals surface area contributed by atoms with Crippen molar-refractivity contribution in [3.05, 3.63) is 66.5 Å². The van der Waals surface area contributed by atoms with Gasteiger partial charge in [-0.05, 0) is 23.2 Å². The third-order valence-electron chi connectivity index (χ3n) is 2.98. The molecule has 0 spiro atoms. The van der Waals surface area contributed by atoms with Crippen LogP contribution in [0, 0.1) is 5.82 Å². The molecule has 1 aromatic carbocycles. The first-order valence-electron chi connectivity index (χ1n) is 6.51. The van der Waals surface area contributed by atoms with Crippen molar-refractivity contribution in [3.63, 3.8) is 0 Å². The van der Waals surface area contributed by atoms with E-state index < -0.39 is 36.9 Å². The van der Waals surface area contributed by atoms with Gasteiger partial charge in [-0.2, -0.15) is 0 Å². The van der Waals surface area contributed by atoms with E-state index in [1.54, 1.807) is 0 Å². The quantitative estimate of drug-likeness (QED) is 0.521. The van der Waals surface area contributed by atoms with Gasteiger partial charge in [0.15, 0.2) is 0 Å². The van der Waals surface area contributed by atoms with Crippen LogP contribution in [-0.4, -0.2) is 35.5 Å². The highest BCUT2D eigenvalue weighted by atomic mass is 19.3. The molecule has 122 valence electrons. The fraction of sp³-hybridized carbons (Fsp3) is 0.133. The highest BCUT2D eigenvalue weighted by Gasteiger charge is 2.26. The Balaban J connectivity index is 3.06. The third kappa shape index (κ3) is 4.83. The van der Waals surface area contributed by atoms with E-state index in [0.717, 1.165) is 24.3 Å². The number of hydrogen-bond acceptors (Lipinski definition) is 3. The van der Waals surface area contributed by atoms with Gasteiger partial charge in [0, 0.05) is 0 Å². The molecule has 0 aliphatic heterocycles. The molecule has 8 heteroatoms. The second kappa shape index (κ2) is 8.35. The summed E-state index contributed by atoms with van der Waals surface area (Å²) in [7, 11) is -1.90. The van der Waals surface area contributed by atoms with Crippen LogP contribution in [0.5, 0.6) is 0 Å². The molecule has 1 aromatic rings. The fourth-order valence-electron chi connectivity index (χ4n) is 1.82. The Bertz CT molecular complexity index is 632. The van der Waals surface area contributed by atoms with E-state index in [1.165, 1.54) is 12.2 Å². The van der Waals surface area contributed by atoms with E-state index in [2.05, 4.69) is 13.2 Å². The molecule has 1 unspecified atom stereocenters. The molecule has 0 aliphatic rings. The molecule has 23 heavy (non-hydrogen) atoms. The van der Waals surface area contributed by atoms with Gasteiger partial charge in [0.25, 0.3) is 12.3 Å². The maximum absolute atomic E-state index is 13.8. The lowest BCUT2D eigenvalue weighted by atomic mass is 9.80. The van der Waals surface area contributed by atoms with E-state index in [-0.39, 0.29) is 11.0 Å². The van der Waals surface area contributed by atoms with Crippen LogP contribution in [0.1, 0.15) is 10.4 Å². The van der Waals surface area contributed by atoms with Crippen molar-refractivity contribution in [3.8, 4) is 0 Å². The molecule has 0 radical (unpaired) electrons. The summed E-state index contributed by atoms with van der Waals surface area (Å²) < 4.78 is 40.0. The van der Waals surface area contributed by atoms with Crippen LogP contribution in [0.25, 0.3) is 0 Å². The Labute approximate surface area is 131 Å². The summed E-state index contributed by atoms with van der Waals surface area (Å²) in [6.07, 6.45) is 0.715. The molecule has 0 bridgehead atoms. The van der Waals surface area contributed by atoms with Crippen molar-refractivity contribution in [1.29, 1.82) is 0 Å². The summed E-state index contributed by atoms with van der Waals surface area (Å²) in [6.45, 7) is 6.76. The highest BCUT2D eigenvalue weighted by molar-refractivity contribution is 6.58. The van der Waals surface area contributed by atoms with Crippen molar-refractivity contribution in [2.75, 3.05) is 0 Å². The second-order valence-corrected chi connectivity index (χ2v) is 4.51. The number of amides is 1. The van der Waals surface area contributed by atoms with E-state index in [9.17, 15) is 18.0 Å². The molecule has 1 atom stereocenters. The number of nitrogens with one attached hydrogen (secondary N) is 1. The molecular weight excluding hydrogens is 310 g/mol. The standard InChI is InChI=1S/C15H15BF3NO3/c1-3-5-9(4-2)13(14(18)19)20-15(21)11-7-6-10(16(22)23)8-12(11)17/h3-8,13-14,22-23H,1-2H2,(H,20,21)/b9-5+. The molecule has 0 aliphatic carbocycles. The Morgan fingerprint density at radius 3 is 2.39 bits per heavy atom. The van der Waals surface area contributed by atoms with E-state index in [4.69, 9.17) is 10.0 Å². The van der Waals surface area contributed by atoms with E-state index >= 15 is 0 Å². The molecular formula is C15H15BF3NO3. The predicted molar refractivity (Wildman–Crippen MR) is 82.0 cm³/mol. The van der Waals surface area contributed by atoms with Crippen LogP contribution in [-0.2, 0) is 0 Å². The van der Waals surface area contributed by atoms with Crippen LogP contribution in [0.3, 0.4) is 0 Å². The van der Waals surface area contributed by atoms with Crippen LogP contribution < -0.4 is 10.8 Å². The van der Waals surface area contributed by atoms with Gasteiger partial charge in [0.2, 0.25) is 0 Å². The third-order valence-corrected chi connectivity index (χ3v) is 2.98. The van der Waals surface area contributed by atoms with Crippen molar-refractivity contribution in [1.82, 2.24) is 5.32 Å². The molecule has 1 amide bonds. The predicted octanol–water partition coefficient (Wildman–Crippen LogP) is 1.17. The number of alkyl halides is 2. The molecule has 0 saturated carbocycles. The number of carbonyl (C=O) groups is 1. The average Bonchev–Trinajstić information content (AvgIpc) is 2.49. The number of halogens is 3. The van der Waals surface area contributed by atoms with Crippen molar-refractivity contribution in [2.45, 2.75) is 12.5 Å². The lowest BCUT2D eigenvalue weighted by molar-refractivity contribution is 0.0807. The van der Waals surface area contributed by atoms with Crippen LogP contribution in [0.15, 0.2) is 55.2 Å². The van der Waals surface area contributed by atoms with Gasteiger partial charge >= 0.3 is 7.12 Å². The van der Waals surface area contributed by atoms with Gasteiger partial charge in [-0.1, -0.05) is 37.5 Å². The zero-order valence-electron chi connectivity index (χ0n) is 12.0. The monoisotopic (exact) mass is 325 g/mol. The molecule has 4 nitrogen and oxygen atoms in total. The molecule has 0 fully saturated rings. The largest absolute Gasteiger partial charge is 0.488 e. The van der Waals surface area contributed by atoms with Gasteiger partial charge in [0.1, 0.15) is 11.9 Å². The summed E-state index contributed by atoms with van der Waals surface area (Å²) in [4.78, 5) is 12.0. The first-order chi connectivity index (χ1) is 10.8. The number of benzene rings is 1. The Morgan fingerprint density at radius 1 is 1.30 bits per heavy atom. The zero-order chi connectivity index (χ0) is 17.6. The van der Waals surface area contributed by atoms with Crippen LogP contribution in [0.4, 0.5) is 13.2 Å². The summed E-state index contributed by atoms with van der Waals surface area (Å²) in [5, 5.41) is 19.9. The van der Waals surface area contributed by atoms with Crippen molar-refractivity contribution in [2.24, 2.45) is 0 Å². The van der Waals surface area contributed by atoms with Crippen molar-refractivity contribution >= 4 is 18.5 Å². The minimum Gasteiger partial charge on any atom is -0.423 e. The summed E-state index contributed by atoms with van der Waals surface area (Å²) in [5.41, 5.74) is -0.643. The SMILES string of the molecule is C=C/C=C(\C=C)C(NC(=O)c1ccc(B(O)O)cc1F)C(F)F. The summed E-state index contributed by atoms with van der Waals surface area (Å²) in [6, 6.07) is 1.15. The molecule has 1 rings (SSSR count). The lowest BCUT2D eigenvalue weighted by Crippen LogP contribution is -2.41. The van der Waals surface area contributed by atoms with Gasteiger partial charge in [-0.25, -0.2) is 13.2 Å². The maximum Gasteiger partial charge on any atom is 0.488 e. The first kappa shape index (κ1) is 18.7. The Kier molecular flexibility index (Phi) is 6.80. The number of carbonyl (C=O) groups excluding carboxylic acids is 1. The summed E-state index contributed by atoms with van der Waals surface area (Å²) in [5.74, 6) is -2.13. The molecule has 0 saturated heterocycles. The highest BCUT2D eigenvalue weighted by Crippen LogP contribution is 2.15. The van der Waals surface area contributed by atoms with Gasteiger partial charge in [0.05, 0.1) is 5.56 Å². The van der Waals surface area contributed by atoms with Gasteiger partial charge in [-0.3, -0.25) is 4.79 Å². The van der Waals surface area contributed by atoms with Gasteiger partial charge in [-0.15, -0.1) is 0 Å². The number of rotatable bonds is 7. The number of allylic oxidation sites excluding steroid dienone is 2. The smallest absolute Gasteiger partial charge is 0.423 e. The molecule has 3 N–H and O–H groups in total. The number of hydrogen-bond donors (Lipinski definition) is 3. The van der Waals surface area contributed by atoms with Gasteiger partial charge < -0.3 is 15.4 Å². The second-order valence-electron chi connectivity index (χ2n) is 4.51. The van der Waals surface area contributed by atoms with E-state index in [0.29, 0.717) is 0 Å². The van der Waals surface area contributed by atoms with E-state index in [1.807, 2.05) is 5.32 Å². The molecule has 0 heterocycles. The zero-order valence-corrected chi connectivity index (χ0v) is 12.0. The lowest BCUT2D eigenvalue weighted by Gasteiger charge is -2.19. The average molecular weight is 325 g/mol. The Morgan fingerprint density at radius 2 is 1.96 bits per heavy atom. The minimum absolute atomic E-state index is 0.0196. The van der Waals surface area contributed by atoms with Crippen molar-refractivity contribution < 1.29 is 28.0 Å². The maximum atomic E-state index is 13.8. The molecule has 0 aromatic heterocycles. The normalized spacial score (nSPS) is 12.7. The Hall–Kier alpha value is -2.32. The fourth-order valence-corrected chi connectivity index (χ4v) is 1.82. The summed E-state index contributed by atoms with van der Waals surface area (Å²) >= 11 is 0. The topological polar surface area (TPSA) is 69.6 Å². The minimum atomic E-state index is -2.94.